The molecular formula is C18H22BrNO. The monoisotopic (exact) mass is 347 g/mol. The summed E-state index contributed by atoms with van der Waals surface area (Å²) in [7, 11) is 0. The molecule has 2 N–H and O–H groups in total. The van der Waals surface area contributed by atoms with Crippen LogP contribution in [0.1, 0.15) is 43.4 Å². The topological polar surface area (TPSA) is 35.2 Å². The van der Waals surface area contributed by atoms with Gasteiger partial charge in [-0.3, -0.25) is 0 Å². The molecule has 0 amide bonds. The summed E-state index contributed by atoms with van der Waals surface area (Å²) >= 11 is 3.56. The summed E-state index contributed by atoms with van der Waals surface area (Å²) in [4.78, 5) is 0. The van der Waals surface area contributed by atoms with Crippen LogP contribution in [0.3, 0.4) is 0 Å². The fraction of sp³-hybridized carbons (Fsp3) is 0.333. The van der Waals surface area contributed by atoms with Crippen molar-refractivity contribution in [1.29, 1.82) is 0 Å². The van der Waals surface area contributed by atoms with E-state index in [-0.39, 0.29) is 6.04 Å². The SMILES string of the molecule is CCOc1ccc(C(N)C(CC)c2ccccc2)cc1Br. The van der Waals surface area contributed by atoms with E-state index >= 15 is 0 Å². The molecule has 0 aliphatic rings. The fourth-order valence-electron chi connectivity index (χ4n) is 2.63. The molecule has 2 nitrogen and oxygen atoms in total. The van der Waals surface area contributed by atoms with Crippen LogP contribution in [-0.2, 0) is 0 Å². The molecule has 2 aromatic carbocycles. The molecule has 0 spiro atoms. The van der Waals surface area contributed by atoms with Crippen LogP contribution in [0.4, 0.5) is 0 Å². The average molecular weight is 348 g/mol. The Morgan fingerprint density at radius 1 is 1.05 bits per heavy atom. The van der Waals surface area contributed by atoms with Crippen LogP contribution in [0.15, 0.2) is 53.0 Å². The molecule has 2 rings (SSSR count). The Bertz CT molecular complexity index is 571. The van der Waals surface area contributed by atoms with E-state index in [0.717, 1.165) is 22.2 Å². The van der Waals surface area contributed by atoms with E-state index in [1.54, 1.807) is 0 Å². The van der Waals surface area contributed by atoms with Crippen molar-refractivity contribution in [3.8, 4) is 5.75 Å². The van der Waals surface area contributed by atoms with Gasteiger partial charge in [-0.05, 0) is 52.5 Å². The Morgan fingerprint density at radius 2 is 1.76 bits per heavy atom. The lowest BCUT2D eigenvalue weighted by Crippen LogP contribution is -2.19. The van der Waals surface area contributed by atoms with E-state index in [1.165, 1.54) is 5.56 Å². The molecule has 2 unspecified atom stereocenters. The number of rotatable bonds is 6. The number of halogens is 1. The minimum Gasteiger partial charge on any atom is -0.493 e. The van der Waals surface area contributed by atoms with Crippen LogP contribution in [0.2, 0.25) is 0 Å². The van der Waals surface area contributed by atoms with Crippen LogP contribution < -0.4 is 10.5 Å². The van der Waals surface area contributed by atoms with Crippen LogP contribution in [0.5, 0.6) is 5.75 Å². The third-order valence-electron chi connectivity index (χ3n) is 3.74. The van der Waals surface area contributed by atoms with Gasteiger partial charge >= 0.3 is 0 Å². The molecule has 21 heavy (non-hydrogen) atoms. The number of benzene rings is 2. The standard InChI is InChI=1S/C18H22BrNO/c1-3-15(13-8-6-5-7-9-13)18(20)14-10-11-17(21-4-2)16(19)12-14/h5-12,15,18H,3-4,20H2,1-2H3. The van der Waals surface area contributed by atoms with Crippen LogP contribution in [0.25, 0.3) is 0 Å². The maximum Gasteiger partial charge on any atom is 0.133 e. The van der Waals surface area contributed by atoms with Crippen LogP contribution in [0, 0.1) is 0 Å². The average Bonchev–Trinajstić information content (AvgIpc) is 2.51. The Labute approximate surface area is 135 Å². The lowest BCUT2D eigenvalue weighted by atomic mass is 9.86. The summed E-state index contributed by atoms with van der Waals surface area (Å²) in [6.45, 7) is 4.82. The minimum absolute atomic E-state index is 0.0237. The molecule has 0 aromatic heterocycles. The Morgan fingerprint density at radius 3 is 2.33 bits per heavy atom. The van der Waals surface area contributed by atoms with Crippen molar-refractivity contribution >= 4 is 15.9 Å². The molecule has 2 atom stereocenters. The molecule has 3 heteroatoms. The maximum absolute atomic E-state index is 6.51. The first-order chi connectivity index (χ1) is 10.2. The van der Waals surface area contributed by atoms with E-state index in [9.17, 15) is 0 Å². The maximum atomic E-state index is 6.51. The zero-order valence-corrected chi connectivity index (χ0v) is 14.1. The Balaban J connectivity index is 2.25. The highest BCUT2D eigenvalue weighted by Gasteiger charge is 2.20. The van der Waals surface area contributed by atoms with Gasteiger partial charge in [-0.1, -0.05) is 43.3 Å². The van der Waals surface area contributed by atoms with Gasteiger partial charge in [0.05, 0.1) is 11.1 Å². The smallest absolute Gasteiger partial charge is 0.133 e. The van der Waals surface area contributed by atoms with Crippen molar-refractivity contribution < 1.29 is 4.74 Å². The highest BCUT2D eigenvalue weighted by atomic mass is 79.9. The van der Waals surface area contributed by atoms with Crippen molar-refractivity contribution in [1.82, 2.24) is 0 Å². The second kappa shape index (κ2) is 7.62. The fourth-order valence-corrected chi connectivity index (χ4v) is 3.14. The molecule has 0 fully saturated rings. The van der Waals surface area contributed by atoms with Gasteiger partial charge in [-0.2, -0.15) is 0 Å². The van der Waals surface area contributed by atoms with Crippen molar-refractivity contribution in [2.24, 2.45) is 5.73 Å². The van der Waals surface area contributed by atoms with E-state index in [4.69, 9.17) is 10.5 Å². The number of nitrogens with two attached hydrogens (primary N) is 1. The first kappa shape index (κ1) is 16.1. The van der Waals surface area contributed by atoms with E-state index in [2.05, 4.69) is 59.3 Å². The zero-order chi connectivity index (χ0) is 15.2. The molecule has 0 aliphatic carbocycles. The molecule has 0 bridgehead atoms. The summed E-state index contributed by atoms with van der Waals surface area (Å²) in [5.41, 5.74) is 8.93. The van der Waals surface area contributed by atoms with Gasteiger partial charge in [-0.15, -0.1) is 0 Å². The van der Waals surface area contributed by atoms with Gasteiger partial charge in [0.1, 0.15) is 5.75 Å². The number of hydrogen-bond acceptors (Lipinski definition) is 2. The van der Waals surface area contributed by atoms with Gasteiger partial charge in [-0.25, -0.2) is 0 Å². The second-order valence-electron chi connectivity index (χ2n) is 5.07. The number of ether oxygens (including phenoxy) is 1. The third kappa shape index (κ3) is 3.86. The van der Waals surface area contributed by atoms with Gasteiger partial charge in [0.2, 0.25) is 0 Å². The molecule has 0 aliphatic heterocycles. The summed E-state index contributed by atoms with van der Waals surface area (Å²) in [5, 5.41) is 0. The molecule has 0 radical (unpaired) electrons. The third-order valence-corrected chi connectivity index (χ3v) is 4.36. The van der Waals surface area contributed by atoms with Crippen molar-refractivity contribution in [2.45, 2.75) is 32.2 Å². The van der Waals surface area contributed by atoms with Gasteiger partial charge < -0.3 is 10.5 Å². The first-order valence-electron chi connectivity index (χ1n) is 7.40. The predicted octanol–water partition coefficient (Wildman–Crippen LogP) is 5.04. The van der Waals surface area contributed by atoms with Crippen molar-refractivity contribution in [2.75, 3.05) is 6.61 Å². The molecule has 112 valence electrons. The quantitative estimate of drug-likeness (QED) is 0.794. The van der Waals surface area contributed by atoms with E-state index in [0.29, 0.717) is 12.5 Å². The van der Waals surface area contributed by atoms with Crippen LogP contribution >= 0.6 is 15.9 Å². The van der Waals surface area contributed by atoms with Gasteiger partial charge in [0.15, 0.2) is 0 Å². The normalized spacial score (nSPS) is 13.7. The Kier molecular flexibility index (Phi) is 5.83. The Hall–Kier alpha value is -1.32. The van der Waals surface area contributed by atoms with E-state index < -0.39 is 0 Å². The largest absolute Gasteiger partial charge is 0.493 e. The molecule has 0 saturated carbocycles. The lowest BCUT2D eigenvalue weighted by Gasteiger charge is -2.24. The zero-order valence-electron chi connectivity index (χ0n) is 12.6. The predicted molar refractivity (Wildman–Crippen MR) is 91.7 cm³/mol. The highest BCUT2D eigenvalue weighted by molar-refractivity contribution is 9.10. The molecule has 0 heterocycles. The summed E-state index contributed by atoms with van der Waals surface area (Å²) in [5.74, 6) is 1.18. The minimum atomic E-state index is -0.0237. The summed E-state index contributed by atoms with van der Waals surface area (Å²) in [6, 6.07) is 16.6. The van der Waals surface area contributed by atoms with Crippen molar-refractivity contribution in [3.05, 3.63) is 64.1 Å². The second-order valence-corrected chi connectivity index (χ2v) is 5.93. The highest BCUT2D eigenvalue weighted by Crippen LogP contribution is 2.35. The van der Waals surface area contributed by atoms with E-state index in [1.807, 2.05) is 19.1 Å². The molecule has 2 aromatic rings. The van der Waals surface area contributed by atoms with Gasteiger partial charge in [0, 0.05) is 12.0 Å². The van der Waals surface area contributed by atoms with Gasteiger partial charge in [0.25, 0.3) is 0 Å². The molecular weight excluding hydrogens is 326 g/mol. The number of hydrogen-bond donors (Lipinski definition) is 1. The first-order valence-corrected chi connectivity index (χ1v) is 8.19. The summed E-state index contributed by atoms with van der Waals surface area (Å²) < 4.78 is 6.51. The molecule has 0 saturated heterocycles. The summed E-state index contributed by atoms with van der Waals surface area (Å²) in [6.07, 6.45) is 1.01. The van der Waals surface area contributed by atoms with Crippen molar-refractivity contribution in [3.63, 3.8) is 0 Å². The lowest BCUT2D eigenvalue weighted by molar-refractivity contribution is 0.338. The van der Waals surface area contributed by atoms with Crippen LogP contribution in [-0.4, -0.2) is 6.61 Å².